The largest absolute Gasteiger partial charge is 0.493 e. The average Bonchev–Trinajstić information content (AvgIpc) is 3.30. The monoisotopic (exact) mass is 363 g/mol. The second-order valence-corrected chi connectivity index (χ2v) is 7.78. The van der Waals surface area contributed by atoms with E-state index in [0.29, 0.717) is 5.92 Å². The highest BCUT2D eigenvalue weighted by Gasteiger charge is 2.21. The lowest BCUT2D eigenvalue weighted by atomic mass is 10.0. The maximum Gasteiger partial charge on any atom is 0.123 e. The molecule has 0 amide bonds. The van der Waals surface area contributed by atoms with Gasteiger partial charge in [-0.05, 0) is 45.2 Å². The van der Waals surface area contributed by atoms with Gasteiger partial charge in [0, 0.05) is 40.7 Å². The summed E-state index contributed by atoms with van der Waals surface area (Å²) in [6.45, 7) is 7.11. The van der Waals surface area contributed by atoms with Crippen LogP contribution < -0.4 is 4.74 Å². The Hall–Kier alpha value is -2.36. The summed E-state index contributed by atoms with van der Waals surface area (Å²) in [6, 6.07) is 8.64. The number of fused-ring (bicyclic) bond motifs is 1. The maximum atomic E-state index is 6.09. The molecule has 0 spiro atoms. The highest BCUT2D eigenvalue weighted by molar-refractivity contribution is 5.80. The van der Waals surface area contributed by atoms with Gasteiger partial charge in [-0.3, -0.25) is 4.98 Å². The summed E-state index contributed by atoms with van der Waals surface area (Å²) in [6.07, 6.45) is 9.22. The first-order chi connectivity index (χ1) is 13.2. The summed E-state index contributed by atoms with van der Waals surface area (Å²) in [7, 11) is 0. The summed E-state index contributed by atoms with van der Waals surface area (Å²) in [4.78, 5) is 9.53. The molecule has 3 heterocycles. The third kappa shape index (κ3) is 3.71. The van der Waals surface area contributed by atoms with Crippen molar-refractivity contribution >= 4 is 5.52 Å². The molecule has 0 bridgehead atoms. The van der Waals surface area contributed by atoms with E-state index in [2.05, 4.69) is 47.5 Å². The minimum absolute atomic E-state index is 0.567. The molecule has 0 N–H and O–H groups in total. The number of ether oxygens (including phenoxy) is 1. The lowest BCUT2D eigenvalue weighted by molar-refractivity contribution is 0.308. The molecule has 0 saturated heterocycles. The predicted molar refractivity (Wildman–Crippen MR) is 110 cm³/mol. The predicted octanol–water partition coefficient (Wildman–Crippen LogP) is 5.85. The summed E-state index contributed by atoms with van der Waals surface area (Å²) in [5, 5.41) is 0. The molecule has 3 aromatic heterocycles. The first-order valence-corrected chi connectivity index (χ1v) is 10.2. The van der Waals surface area contributed by atoms with Crippen molar-refractivity contribution < 1.29 is 4.74 Å². The zero-order valence-electron chi connectivity index (χ0n) is 16.7. The van der Waals surface area contributed by atoms with Crippen LogP contribution in [0.1, 0.15) is 68.4 Å². The van der Waals surface area contributed by atoms with E-state index in [9.17, 15) is 0 Å². The fourth-order valence-electron chi connectivity index (χ4n) is 4.07. The quantitative estimate of drug-likeness (QED) is 0.516. The van der Waals surface area contributed by atoms with Crippen LogP contribution in [0.25, 0.3) is 16.8 Å². The van der Waals surface area contributed by atoms with Gasteiger partial charge < -0.3 is 9.14 Å². The summed E-state index contributed by atoms with van der Waals surface area (Å²) in [5.41, 5.74) is 6.73. The maximum absolute atomic E-state index is 6.09. The molecule has 0 aromatic carbocycles. The minimum Gasteiger partial charge on any atom is -0.493 e. The number of aromatic nitrogens is 3. The molecule has 27 heavy (non-hydrogen) atoms. The van der Waals surface area contributed by atoms with E-state index in [4.69, 9.17) is 9.72 Å². The second-order valence-electron chi connectivity index (χ2n) is 7.78. The van der Waals surface area contributed by atoms with E-state index in [1.54, 1.807) is 0 Å². The molecule has 1 saturated carbocycles. The Labute approximate surface area is 161 Å². The van der Waals surface area contributed by atoms with Gasteiger partial charge in [0.05, 0.1) is 24.1 Å². The van der Waals surface area contributed by atoms with Gasteiger partial charge in [0.2, 0.25) is 0 Å². The Kier molecular flexibility index (Phi) is 5.15. The standard InChI is InChI=1S/C23H29N3O/c1-4-5-10-27-19-13-21(18-8-6-7-9-18)25-22(14-19)20-12-17(3)26-15-24-16(2)11-23(20)26/h11-15,18H,4-10H2,1-3H3. The van der Waals surface area contributed by atoms with Crippen LogP contribution in [0, 0.1) is 13.8 Å². The number of unbranched alkanes of at least 4 members (excludes halogenated alkanes) is 1. The first kappa shape index (κ1) is 18.0. The number of aryl methyl sites for hydroxylation is 2. The van der Waals surface area contributed by atoms with Crippen LogP contribution >= 0.6 is 0 Å². The highest BCUT2D eigenvalue weighted by atomic mass is 16.5. The minimum atomic E-state index is 0.567. The molecule has 4 nitrogen and oxygen atoms in total. The molecule has 0 radical (unpaired) electrons. The van der Waals surface area contributed by atoms with Gasteiger partial charge in [-0.25, -0.2) is 4.98 Å². The molecule has 0 unspecified atom stereocenters. The van der Waals surface area contributed by atoms with Crippen LogP contribution in [-0.4, -0.2) is 21.0 Å². The molecule has 4 rings (SSSR count). The van der Waals surface area contributed by atoms with Gasteiger partial charge in [0.1, 0.15) is 5.75 Å². The number of nitrogens with zero attached hydrogens (tertiary/aromatic N) is 3. The van der Waals surface area contributed by atoms with Crippen LogP contribution in [0.15, 0.2) is 30.6 Å². The zero-order valence-corrected chi connectivity index (χ0v) is 16.7. The Balaban J connectivity index is 1.80. The van der Waals surface area contributed by atoms with Crippen LogP contribution in [0.3, 0.4) is 0 Å². The Morgan fingerprint density at radius 1 is 1.11 bits per heavy atom. The smallest absolute Gasteiger partial charge is 0.123 e. The second kappa shape index (κ2) is 7.71. The van der Waals surface area contributed by atoms with E-state index < -0.39 is 0 Å². The molecule has 1 aliphatic carbocycles. The van der Waals surface area contributed by atoms with Crippen LogP contribution in [0.2, 0.25) is 0 Å². The van der Waals surface area contributed by atoms with Gasteiger partial charge in [-0.1, -0.05) is 26.2 Å². The molecule has 4 heteroatoms. The summed E-state index contributed by atoms with van der Waals surface area (Å²) in [5.74, 6) is 1.52. The molecule has 142 valence electrons. The van der Waals surface area contributed by atoms with E-state index in [1.807, 2.05) is 13.3 Å². The average molecular weight is 364 g/mol. The van der Waals surface area contributed by atoms with Crippen LogP contribution in [0.5, 0.6) is 5.75 Å². The number of pyridine rings is 1. The molecule has 0 atom stereocenters. The van der Waals surface area contributed by atoms with Crippen molar-refractivity contribution in [3.05, 3.63) is 47.7 Å². The van der Waals surface area contributed by atoms with Crippen molar-refractivity contribution in [2.24, 2.45) is 0 Å². The topological polar surface area (TPSA) is 39.4 Å². The third-order valence-electron chi connectivity index (χ3n) is 5.63. The molecule has 3 aromatic rings. The van der Waals surface area contributed by atoms with Gasteiger partial charge in [-0.2, -0.15) is 0 Å². The SMILES string of the molecule is CCCCOc1cc(-c2cc(C)n3cnc(C)cc23)nc(C2CCCC2)c1. The van der Waals surface area contributed by atoms with E-state index in [1.165, 1.54) is 37.1 Å². The van der Waals surface area contributed by atoms with E-state index in [0.717, 1.165) is 47.7 Å². The van der Waals surface area contributed by atoms with Crippen molar-refractivity contribution in [1.82, 2.24) is 14.4 Å². The fraction of sp³-hybridized carbons (Fsp3) is 0.478. The molecular formula is C23H29N3O. The Morgan fingerprint density at radius 2 is 1.93 bits per heavy atom. The number of hydrogen-bond donors (Lipinski definition) is 0. The van der Waals surface area contributed by atoms with Crippen molar-refractivity contribution in [1.29, 1.82) is 0 Å². The molecule has 1 aliphatic rings. The lowest BCUT2D eigenvalue weighted by Crippen LogP contribution is -2.02. The molecule has 1 fully saturated rings. The first-order valence-electron chi connectivity index (χ1n) is 10.2. The van der Waals surface area contributed by atoms with Crippen molar-refractivity contribution in [3.8, 4) is 17.0 Å². The number of hydrogen-bond acceptors (Lipinski definition) is 3. The Morgan fingerprint density at radius 3 is 2.70 bits per heavy atom. The van der Waals surface area contributed by atoms with Crippen LogP contribution in [0.4, 0.5) is 0 Å². The number of rotatable bonds is 6. The van der Waals surface area contributed by atoms with Gasteiger partial charge >= 0.3 is 0 Å². The zero-order chi connectivity index (χ0) is 18.8. The van der Waals surface area contributed by atoms with Gasteiger partial charge in [-0.15, -0.1) is 0 Å². The highest BCUT2D eigenvalue weighted by Crippen LogP contribution is 2.37. The van der Waals surface area contributed by atoms with Gasteiger partial charge in [0.25, 0.3) is 0 Å². The third-order valence-corrected chi connectivity index (χ3v) is 5.63. The van der Waals surface area contributed by atoms with E-state index in [-0.39, 0.29) is 0 Å². The Bertz CT molecular complexity index is 938. The van der Waals surface area contributed by atoms with Gasteiger partial charge in [0.15, 0.2) is 0 Å². The lowest BCUT2D eigenvalue weighted by Gasteiger charge is -2.14. The van der Waals surface area contributed by atoms with Crippen molar-refractivity contribution in [3.63, 3.8) is 0 Å². The fourth-order valence-corrected chi connectivity index (χ4v) is 4.07. The van der Waals surface area contributed by atoms with Crippen molar-refractivity contribution in [2.75, 3.05) is 6.61 Å². The normalized spacial score (nSPS) is 14.9. The van der Waals surface area contributed by atoms with E-state index >= 15 is 0 Å². The summed E-state index contributed by atoms with van der Waals surface area (Å²) >= 11 is 0. The summed E-state index contributed by atoms with van der Waals surface area (Å²) < 4.78 is 8.23. The van der Waals surface area contributed by atoms with Crippen LogP contribution in [-0.2, 0) is 0 Å². The molecular weight excluding hydrogens is 334 g/mol. The van der Waals surface area contributed by atoms with Crippen molar-refractivity contribution in [2.45, 2.75) is 65.2 Å². The molecule has 0 aliphatic heterocycles.